The minimum atomic E-state index is -0.775. The summed E-state index contributed by atoms with van der Waals surface area (Å²) in [6, 6.07) is 0. The number of carbonyl (C=O) groups excluding carboxylic acids is 3. The van der Waals surface area contributed by atoms with E-state index in [0.717, 1.165) is 83.5 Å². The highest BCUT2D eigenvalue weighted by Crippen LogP contribution is 2.19. The summed E-state index contributed by atoms with van der Waals surface area (Å²) in [4.78, 5) is 38.4. The number of hydrogen-bond donors (Lipinski definition) is 0. The van der Waals surface area contributed by atoms with Crippen molar-refractivity contribution >= 4 is 17.9 Å². The van der Waals surface area contributed by atoms with Gasteiger partial charge in [-0.15, -0.1) is 0 Å². The van der Waals surface area contributed by atoms with Crippen molar-refractivity contribution in [2.45, 2.75) is 399 Å². The molecule has 0 radical (unpaired) electrons. The smallest absolute Gasteiger partial charge is 0.306 e. The van der Waals surface area contributed by atoms with Crippen molar-refractivity contribution in [2.75, 3.05) is 13.2 Å². The zero-order valence-corrected chi connectivity index (χ0v) is 53.4. The highest BCUT2D eigenvalue weighted by molar-refractivity contribution is 5.71. The molecule has 0 aromatic heterocycles. The second-order valence-electron chi connectivity index (χ2n) is 24.1. The van der Waals surface area contributed by atoms with Crippen LogP contribution in [-0.4, -0.2) is 37.2 Å². The van der Waals surface area contributed by atoms with Crippen molar-refractivity contribution in [3.8, 4) is 0 Å². The van der Waals surface area contributed by atoms with E-state index in [4.69, 9.17) is 14.2 Å². The Balaban J connectivity index is 4.15. The standard InChI is InChI=1S/C73H136O6/c1-4-7-10-13-16-19-22-25-28-30-31-32-33-34-35-36-37-38-39-40-41-42-44-45-48-51-54-57-60-63-66-72(75)78-69-70(68-77-71(74)65-62-59-56-53-50-47-27-24-21-18-15-12-9-6-3)79-73(76)67-64-61-58-55-52-49-46-43-29-26-23-20-17-14-11-8-5-2/h8,11,17,20,26,29,70H,4-7,9-10,12-16,18-19,21-25,27-28,30-69H2,1-3H3/b11-8-,20-17-,29-26-. The van der Waals surface area contributed by atoms with E-state index in [0.29, 0.717) is 19.3 Å². The Bertz CT molecular complexity index is 1320. The van der Waals surface area contributed by atoms with Crippen LogP contribution in [0.15, 0.2) is 36.5 Å². The predicted octanol–water partition coefficient (Wildman–Crippen LogP) is 24.3. The van der Waals surface area contributed by atoms with Gasteiger partial charge in [0, 0.05) is 19.3 Å². The zero-order valence-electron chi connectivity index (χ0n) is 53.4. The molecule has 0 N–H and O–H groups in total. The molecular formula is C73H136O6. The molecule has 0 saturated carbocycles. The average molecular weight is 1110 g/mol. The molecule has 0 rings (SSSR count). The number of allylic oxidation sites excluding steroid dienone is 6. The molecule has 0 aliphatic heterocycles. The first kappa shape index (κ1) is 76.6. The molecule has 464 valence electrons. The van der Waals surface area contributed by atoms with Gasteiger partial charge in [0.05, 0.1) is 0 Å². The topological polar surface area (TPSA) is 78.9 Å². The fourth-order valence-electron chi connectivity index (χ4n) is 10.9. The quantitative estimate of drug-likeness (QED) is 0.0261. The Morgan fingerprint density at radius 2 is 0.494 bits per heavy atom. The fraction of sp³-hybridized carbons (Fsp3) is 0.877. The van der Waals surface area contributed by atoms with Gasteiger partial charge < -0.3 is 14.2 Å². The van der Waals surface area contributed by atoms with Crippen LogP contribution in [0.25, 0.3) is 0 Å². The summed E-state index contributed by atoms with van der Waals surface area (Å²) in [5, 5.41) is 0. The SMILES string of the molecule is CC/C=C\C/C=C\C/C=C\CCCCCCCCCC(=O)OC(COC(=O)CCCCCCCCCCCCCCCC)COC(=O)CCCCCCCCCCCCCCCCCCCCCCCCCCCCCCCC. The van der Waals surface area contributed by atoms with Gasteiger partial charge in [0.15, 0.2) is 6.10 Å². The van der Waals surface area contributed by atoms with Crippen LogP contribution in [0.1, 0.15) is 393 Å². The Morgan fingerprint density at radius 3 is 0.772 bits per heavy atom. The third kappa shape index (κ3) is 66.3. The van der Waals surface area contributed by atoms with Crippen LogP contribution in [0.3, 0.4) is 0 Å². The summed E-state index contributed by atoms with van der Waals surface area (Å²) in [6.45, 7) is 6.60. The van der Waals surface area contributed by atoms with E-state index in [-0.39, 0.29) is 31.1 Å². The molecule has 6 nitrogen and oxygen atoms in total. The second kappa shape index (κ2) is 68.1. The minimum Gasteiger partial charge on any atom is -0.462 e. The van der Waals surface area contributed by atoms with Crippen molar-refractivity contribution in [3.05, 3.63) is 36.5 Å². The van der Waals surface area contributed by atoms with Crippen LogP contribution >= 0.6 is 0 Å². The number of unbranched alkanes of at least 4 members (excludes halogenated alkanes) is 49. The van der Waals surface area contributed by atoms with E-state index >= 15 is 0 Å². The maximum absolute atomic E-state index is 12.9. The molecule has 0 fully saturated rings. The molecule has 1 unspecified atom stereocenters. The molecule has 0 bridgehead atoms. The molecule has 1 atom stereocenters. The minimum absolute atomic E-state index is 0.0706. The highest BCUT2D eigenvalue weighted by Gasteiger charge is 2.19. The molecule has 0 saturated heterocycles. The first-order valence-corrected chi connectivity index (χ1v) is 35.5. The summed E-state index contributed by atoms with van der Waals surface area (Å²) in [5.41, 5.74) is 0. The van der Waals surface area contributed by atoms with Gasteiger partial charge in [-0.3, -0.25) is 14.4 Å². The maximum atomic E-state index is 12.9. The molecular weight excluding hydrogens is 973 g/mol. The lowest BCUT2D eigenvalue weighted by atomic mass is 10.0. The Hall–Kier alpha value is -2.37. The van der Waals surface area contributed by atoms with Gasteiger partial charge in [0.1, 0.15) is 13.2 Å². The molecule has 79 heavy (non-hydrogen) atoms. The van der Waals surface area contributed by atoms with Crippen LogP contribution in [0.4, 0.5) is 0 Å². The largest absolute Gasteiger partial charge is 0.462 e. The van der Waals surface area contributed by atoms with Crippen molar-refractivity contribution in [3.63, 3.8) is 0 Å². The number of carbonyl (C=O) groups is 3. The van der Waals surface area contributed by atoms with Crippen molar-refractivity contribution in [1.82, 2.24) is 0 Å². The van der Waals surface area contributed by atoms with Crippen molar-refractivity contribution in [1.29, 1.82) is 0 Å². The number of esters is 3. The van der Waals surface area contributed by atoms with Crippen LogP contribution in [-0.2, 0) is 28.6 Å². The molecule has 0 spiro atoms. The second-order valence-corrected chi connectivity index (χ2v) is 24.1. The van der Waals surface area contributed by atoms with E-state index in [1.165, 1.54) is 270 Å². The lowest BCUT2D eigenvalue weighted by Crippen LogP contribution is -2.30. The third-order valence-corrected chi connectivity index (χ3v) is 16.2. The lowest BCUT2D eigenvalue weighted by molar-refractivity contribution is -0.167. The van der Waals surface area contributed by atoms with Gasteiger partial charge in [-0.2, -0.15) is 0 Å². The van der Waals surface area contributed by atoms with Gasteiger partial charge in [0.25, 0.3) is 0 Å². The van der Waals surface area contributed by atoms with Crippen LogP contribution in [0.2, 0.25) is 0 Å². The Labute approximate surface area is 493 Å². The summed E-state index contributed by atoms with van der Waals surface area (Å²) in [7, 11) is 0. The molecule has 0 aliphatic carbocycles. The predicted molar refractivity (Wildman–Crippen MR) is 344 cm³/mol. The first-order valence-electron chi connectivity index (χ1n) is 35.5. The van der Waals surface area contributed by atoms with E-state index in [2.05, 4.69) is 57.2 Å². The number of ether oxygens (including phenoxy) is 3. The van der Waals surface area contributed by atoms with Gasteiger partial charge in [-0.1, -0.05) is 359 Å². The lowest BCUT2D eigenvalue weighted by Gasteiger charge is -2.18. The van der Waals surface area contributed by atoms with Crippen LogP contribution < -0.4 is 0 Å². The maximum Gasteiger partial charge on any atom is 0.306 e. The van der Waals surface area contributed by atoms with E-state index in [9.17, 15) is 14.4 Å². The summed E-state index contributed by atoms with van der Waals surface area (Å²) >= 11 is 0. The molecule has 0 aromatic rings. The van der Waals surface area contributed by atoms with E-state index < -0.39 is 6.10 Å². The van der Waals surface area contributed by atoms with E-state index in [1.807, 2.05) is 0 Å². The Morgan fingerprint density at radius 1 is 0.266 bits per heavy atom. The molecule has 6 heteroatoms. The van der Waals surface area contributed by atoms with Crippen LogP contribution in [0.5, 0.6) is 0 Å². The Kier molecular flexibility index (Phi) is 66.1. The number of rotatable bonds is 66. The average Bonchev–Trinajstić information content (AvgIpc) is 3.45. The van der Waals surface area contributed by atoms with Crippen molar-refractivity contribution < 1.29 is 28.6 Å². The van der Waals surface area contributed by atoms with Crippen molar-refractivity contribution in [2.24, 2.45) is 0 Å². The fourth-order valence-corrected chi connectivity index (χ4v) is 10.9. The highest BCUT2D eigenvalue weighted by atomic mass is 16.6. The first-order chi connectivity index (χ1) is 39.0. The molecule has 0 aromatic carbocycles. The van der Waals surface area contributed by atoms with E-state index in [1.54, 1.807) is 0 Å². The molecule has 0 aliphatic rings. The third-order valence-electron chi connectivity index (χ3n) is 16.2. The summed E-state index contributed by atoms with van der Waals surface area (Å²) in [5.74, 6) is -0.852. The van der Waals surface area contributed by atoms with Gasteiger partial charge in [0.2, 0.25) is 0 Å². The number of hydrogen-bond acceptors (Lipinski definition) is 6. The molecule has 0 amide bonds. The summed E-state index contributed by atoms with van der Waals surface area (Å²) in [6.07, 6.45) is 84.7. The van der Waals surface area contributed by atoms with Crippen LogP contribution in [0, 0.1) is 0 Å². The van der Waals surface area contributed by atoms with Gasteiger partial charge >= 0.3 is 17.9 Å². The zero-order chi connectivity index (χ0) is 57.1. The van der Waals surface area contributed by atoms with Gasteiger partial charge in [-0.05, 0) is 51.4 Å². The summed E-state index contributed by atoms with van der Waals surface area (Å²) < 4.78 is 17.0. The van der Waals surface area contributed by atoms with Gasteiger partial charge in [-0.25, -0.2) is 0 Å². The molecule has 0 heterocycles. The monoisotopic (exact) mass is 1110 g/mol. The normalized spacial score (nSPS) is 12.2.